The van der Waals surface area contributed by atoms with Crippen LogP contribution in [-0.4, -0.2) is 31.0 Å². The summed E-state index contributed by atoms with van der Waals surface area (Å²) in [7, 11) is 0. The van der Waals surface area contributed by atoms with Gasteiger partial charge in [0.25, 0.3) is 0 Å². The minimum atomic E-state index is -4.13. The minimum absolute atomic E-state index is 0.221. The van der Waals surface area contributed by atoms with Crippen LogP contribution in [0.25, 0.3) is 0 Å². The topological polar surface area (TPSA) is 21.3 Å². The molecule has 1 rings (SSSR count). The highest BCUT2D eigenvalue weighted by Crippen LogP contribution is 2.37. The Labute approximate surface area is 126 Å². The van der Waals surface area contributed by atoms with Crippen LogP contribution in [0.15, 0.2) is 0 Å². The third kappa shape index (κ3) is 7.50. The second-order valence-electron chi connectivity index (χ2n) is 6.66. The molecule has 0 atom stereocenters. The van der Waals surface area contributed by atoms with Gasteiger partial charge in [-0.2, -0.15) is 13.2 Å². The molecule has 0 unspecified atom stereocenters. The Morgan fingerprint density at radius 1 is 1.24 bits per heavy atom. The maximum Gasteiger partial charge on any atom is 0.391 e. The van der Waals surface area contributed by atoms with E-state index in [9.17, 15) is 13.2 Å². The summed E-state index contributed by atoms with van der Waals surface area (Å²) in [6.45, 7) is 6.71. The summed E-state index contributed by atoms with van der Waals surface area (Å²) in [5.74, 6) is 0.716. The SMILES string of the molecule is CCCC1CCC(CNC(C)C)(OCCC(F)(F)F)CC1. The van der Waals surface area contributed by atoms with Crippen LogP contribution in [0.2, 0.25) is 0 Å². The smallest absolute Gasteiger partial charge is 0.373 e. The minimum Gasteiger partial charge on any atom is -0.373 e. The fourth-order valence-corrected chi connectivity index (χ4v) is 3.05. The van der Waals surface area contributed by atoms with Gasteiger partial charge in [0.1, 0.15) is 0 Å². The fourth-order valence-electron chi connectivity index (χ4n) is 3.05. The highest BCUT2D eigenvalue weighted by molar-refractivity contribution is 4.90. The Morgan fingerprint density at radius 2 is 1.86 bits per heavy atom. The lowest BCUT2D eigenvalue weighted by Crippen LogP contribution is -2.48. The van der Waals surface area contributed by atoms with Crippen LogP contribution in [-0.2, 0) is 4.74 Å². The zero-order valence-corrected chi connectivity index (χ0v) is 13.6. The van der Waals surface area contributed by atoms with Crippen molar-refractivity contribution in [2.75, 3.05) is 13.2 Å². The van der Waals surface area contributed by atoms with Crippen LogP contribution in [0.1, 0.15) is 65.7 Å². The Morgan fingerprint density at radius 3 is 2.33 bits per heavy atom. The predicted octanol–water partition coefficient (Wildman–Crippen LogP) is 4.68. The number of nitrogens with one attached hydrogen (secondary N) is 1. The highest BCUT2D eigenvalue weighted by Gasteiger charge is 2.37. The maximum atomic E-state index is 12.3. The number of hydrogen-bond donors (Lipinski definition) is 1. The normalized spacial score (nSPS) is 27.3. The van der Waals surface area contributed by atoms with Gasteiger partial charge in [-0.05, 0) is 31.6 Å². The summed E-state index contributed by atoms with van der Waals surface area (Å²) >= 11 is 0. The average Bonchev–Trinajstić information content (AvgIpc) is 2.38. The molecule has 0 saturated heterocycles. The number of rotatable bonds is 8. The largest absolute Gasteiger partial charge is 0.391 e. The molecule has 0 bridgehead atoms. The van der Waals surface area contributed by atoms with Gasteiger partial charge in [0.05, 0.1) is 18.6 Å². The van der Waals surface area contributed by atoms with Crippen molar-refractivity contribution < 1.29 is 17.9 Å². The first-order valence-corrected chi connectivity index (χ1v) is 8.20. The van der Waals surface area contributed by atoms with Gasteiger partial charge in [-0.3, -0.25) is 0 Å². The van der Waals surface area contributed by atoms with E-state index in [4.69, 9.17) is 4.74 Å². The summed E-state index contributed by atoms with van der Waals surface area (Å²) in [5, 5.41) is 3.34. The second-order valence-corrected chi connectivity index (χ2v) is 6.66. The molecule has 0 aromatic carbocycles. The molecule has 0 spiro atoms. The van der Waals surface area contributed by atoms with Crippen molar-refractivity contribution in [3.05, 3.63) is 0 Å². The molecule has 21 heavy (non-hydrogen) atoms. The lowest BCUT2D eigenvalue weighted by molar-refractivity contribution is -0.163. The van der Waals surface area contributed by atoms with E-state index in [0.29, 0.717) is 18.5 Å². The van der Waals surface area contributed by atoms with E-state index in [1.807, 2.05) is 13.8 Å². The molecule has 0 heterocycles. The van der Waals surface area contributed by atoms with Gasteiger partial charge >= 0.3 is 6.18 Å². The number of halogens is 3. The first-order chi connectivity index (χ1) is 9.76. The molecule has 0 amide bonds. The molecule has 1 N–H and O–H groups in total. The molecular formula is C16H30F3NO. The van der Waals surface area contributed by atoms with Gasteiger partial charge in [-0.1, -0.05) is 33.6 Å². The predicted molar refractivity (Wildman–Crippen MR) is 79.4 cm³/mol. The van der Waals surface area contributed by atoms with Gasteiger partial charge in [-0.25, -0.2) is 0 Å². The molecule has 126 valence electrons. The molecule has 0 aromatic heterocycles. The van der Waals surface area contributed by atoms with Gasteiger partial charge in [-0.15, -0.1) is 0 Å². The molecule has 1 aliphatic carbocycles. The third-order valence-corrected chi connectivity index (χ3v) is 4.34. The average molecular weight is 309 g/mol. The van der Waals surface area contributed by atoms with E-state index in [2.05, 4.69) is 12.2 Å². The number of alkyl halides is 3. The molecule has 5 heteroatoms. The number of hydrogen-bond acceptors (Lipinski definition) is 2. The second kappa shape index (κ2) is 8.37. The van der Waals surface area contributed by atoms with E-state index >= 15 is 0 Å². The van der Waals surface area contributed by atoms with Gasteiger partial charge in [0.15, 0.2) is 0 Å². The van der Waals surface area contributed by atoms with Gasteiger partial charge < -0.3 is 10.1 Å². The summed E-state index contributed by atoms with van der Waals surface area (Å²) in [4.78, 5) is 0. The summed E-state index contributed by atoms with van der Waals surface area (Å²) < 4.78 is 42.7. The lowest BCUT2D eigenvalue weighted by atomic mass is 9.77. The molecule has 1 aliphatic rings. The lowest BCUT2D eigenvalue weighted by Gasteiger charge is -2.41. The van der Waals surface area contributed by atoms with Crippen LogP contribution in [0.4, 0.5) is 13.2 Å². The summed E-state index contributed by atoms with van der Waals surface area (Å²) in [5.41, 5.74) is -0.403. The zero-order chi connectivity index (χ0) is 15.9. The standard InChI is InChI=1S/C16H30F3NO/c1-4-5-14-6-8-15(9-7-14,12-20-13(2)3)21-11-10-16(17,18)19/h13-14,20H,4-12H2,1-3H3. The van der Waals surface area contributed by atoms with Crippen molar-refractivity contribution >= 4 is 0 Å². The molecule has 1 saturated carbocycles. The Kier molecular flexibility index (Phi) is 7.48. The van der Waals surface area contributed by atoms with Crippen LogP contribution in [0.5, 0.6) is 0 Å². The zero-order valence-electron chi connectivity index (χ0n) is 13.6. The van der Waals surface area contributed by atoms with E-state index in [1.165, 1.54) is 12.8 Å². The molecule has 0 radical (unpaired) electrons. The molecule has 1 fully saturated rings. The van der Waals surface area contributed by atoms with Crippen molar-refractivity contribution in [1.29, 1.82) is 0 Å². The Hall–Kier alpha value is -0.290. The first kappa shape index (κ1) is 18.8. The molecular weight excluding hydrogens is 279 g/mol. The van der Waals surface area contributed by atoms with Crippen LogP contribution in [0.3, 0.4) is 0 Å². The van der Waals surface area contributed by atoms with E-state index in [1.54, 1.807) is 0 Å². The molecule has 0 aliphatic heterocycles. The third-order valence-electron chi connectivity index (χ3n) is 4.34. The van der Waals surface area contributed by atoms with E-state index < -0.39 is 18.2 Å². The van der Waals surface area contributed by atoms with Crippen molar-refractivity contribution in [3.8, 4) is 0 Å². The van der Waals surface area contributed by atoms with E-state index in [-0.39, 0.29) is 6.61 Å². The van der Waals surface area contributed by atoms with Crippen LogP contribution >= 0.6 is 0 Å². The van der Waals surface area contributed by atoms with Gasteiger partial charge in [0.2, 0.25) is 0 Å². The summed E-state index contributed by atoms with van der Waals surface area (Å²) in [6, 6.07) is 0.321. The quantitative estimate of drug-likeness (QED) is 0.703. The van der Waals surface area contributed by atoms with Crippen molar-refractivity contribution in [3.63, 3.8) is 0 Å². The van der Waals surface area contributed by atoms with Crippen molar-refractivity contribution in [2.24, 2.45) is 5.92 Å². The summed E-state index contributed by atoms with van der Waals surface area (Å²) in [6.07, 6.45) is 1.29. The van der Waals surface area contributed by atoms with Crippen molar-refractivity contribution in [2.45, 2.75) is 83.5 Å². The number of ether oxygens (including phenoxy) is 1. The Bertz CT molecular complexity index is 284. The Balaban J connectivity index is 2.51. The molecule has 0 aromatic rings. The van der Waals surface area contributed by atoms with E-state index in [0.717, 1.165) is 25.7 Å². The highest BCUT2D eigenvalue weighted by atomic mass is 19.4. The first-order valence-electron chi connectivity index (χ1n) is 8.20. The molecule has 2 nitrogen and oxygen atoms in total. The van der Waals surface area contributed by atoms with Crippen LogP contribution < -0.4 is 5.32 Å². The van der Waals surface area contributed by atoms with Crippen molar-refractivity contribution in [1.82, 2.24) is 5.32 Å². The van der Waals surface area contributed by atoms with Gasteiger partial charge in [0, 0.05) is 12.6 Å². The monoisotopic (exact) mass is 309 g/mol. The van der Waals surface area contributed by atoms with Crippen LogP contribution in [0, 0.1) is 5.92 Å². The fraction of sp³-hybridized carbons (Fsp3) is 1.00. The maximum absolute atomic E-state index is 12.3.